The van der Waals surface area contributed by atoms with Crippen LogP contribution in [0.1, 0.15) is 75.4 Å². The normalized spacial score (nSPS) is 39.0. The quantitative estimate of drug-likeness (QED) is 0.576. The molecule has 1 spiro atoms. The minimum absolute atomic E-state index is 0.0963. The number of hydrogen-bond donors (Lipinski definition) is 3. The van der Waals surface area contributed by atoms with E-state index in [-0.39, 0.29) is 29.5 Å². The molecule has 0 aromatic heterocycles. The third kappa shape index (κ3) is 2.57. The molecular formula is C25H33NO6. The first kappa shape index (κ1) is 21.6. The largest absolute Gasteiger partial charge is 0.508 e. The third-order valence-electron chi connectivity index (χ3n) is 9.18. The van der Waals surface area contributed by atoms with Crippen molar-refractivity contribution in [3.63, 3.8) is 0 Å². The number of aliphatic hydroxyl groups excluding tert-OH is 1. The van der Waals surface area contributed by atoms with Crippen LogP contribution in [0.5, 0.6) is 11.5 Å². The van der Waals surface area contributed by atoms with Gasteiger partial charge >= 0.3 is 5.97 Å². The molecule has 174 valence electrons. The summed E-state index contributed by atoms with van der Waals surface area (Å²) in [4.78, 5) is 24.0. The Balaban J connectivity index is 1.62. The first-order valence-corrected chi connectivity index (χ1v) is 11.6. The Hall–Kier alpha value is -2.28. The zero-order valence-corrected chi connectivity index (χ0v) is 19.4. The van der Waals surface area contributed by atoms with E-state index in [1.54, 1.807) is 6.07 Å². The highest BCUT2D eigenvalue weighted by atomic mass is 16.6. The number of fused-ring (bicyclic) bond motifs is 5. The van der Waals surface area contributed by atoms with Crippen molar-refractivity contribution in [2.24, 2.45) is 22.7 Å². The monoisotopic (exact) mass is 443 g/mol. The number of rotatable bonds is 1. The van der Waals surface area contributed by atoms with Gasteiger partial charge in [-0.3, -0.25) is 9.59 Å². The molecule has 3 N–H and O–H groups in total. The van der Waals surface area contributed by atoms with Crippen LogP contribution in [0.4, 0.5) is 0 Å². The highest BCUT2D eigenvalue weighted by molar-refractivity contribution is 6.00. The zero-order chi connectivity index (χ0) is 23.2. The molecule has 5 rings (SSSR count). The number of phenols is 1. The van der Waals surface area contributed by atoms with Gasteiger partial charge in [0.15, 0.2) is 0 Å². The Morgan fingerprint density at radius 1 is 1.25 bits per heavy atom. The number of carbonyl (C=O) groups is 2. The second kappa shape index (κ2) is 6.62. The summed E-state index contributed by atoms with van der Waals surface area (Å²) in [7, 11) is 0. The number of nitrogens with one attached hydrogen (secondary N) is 1. The maximum Gasteiger partial charge on any atom is 0.303 e. The lowest BCUT2D eigenvalue weighted by Gasteiger charge is -2.65. The smallest absolute Gasteiger partial charge is 0.303 e. The molecule has 2 aliphatic heterocycles. The first-order chi connectivity index (χ1) is 14.9. The predicted molar refractivity (Wildman–Crippen MR) is 116 cm³/mol. The van der Waals surface area contributed by atoms with Crippen molar-refractivity contribution in [3.8, 4) is 11.5 Å². The summed E-state index contributed by atoms with van der Waals surface area (Å²) in [6.07, 6.45) is 1.46. The number of phenolic OH excluding ortho intramolecular Hbond substituents is 1. The summed E-state index contributed by atoms with van der Waals surface area (Å²) in [5.74, 6) is 0.474. The molecule has 1 amide bonds. The second-order valence-electron chi connectivity index (χ2n) is 11.2. The Labute approximate surface area is 188 Å². The highest BCUT2D eigenvalue weighted by Gasteiger charge is 2.69. The number of amides is 1. The molecule has 1 aromatic rings. The Bertz CT molecular complexity index is 1020. The fourth-order valence-electron chi connectivity index (χ4n) is 7.72. The lowest BCUT2D eigenvalue weighted by molar-refractivity contribution is -0.246. The summed E-state index contributed by atoms with van der Waals surface area (Å²) < 4.78 is 12.5. The van der Waals surface area contributed by atoms with E-state index < -0.39 is 28.6 Å². The van der Waals surface area contributed by atoms with Crippen LogP contribution in [0, 0.1) is 22.7 Å². The van der Waals surface area contributed by atoms with Crippen LogP contribution in [-0.2, 0) is 22.5 Å². The summed E-state index contributed by atoms with van der Waals surface area (Å²) in [5.41, 5.74) is 0.538. The maximum atomic E-state index is 12.2. The molecule has 6 atom stereocenters. The van der Waals surface area contributed by atoms with Gasteiger partial charge in [-0.05, 0) is 37.2 Å². The lowest BCUT2D eigenvalue weighted by atomic mass is 9.43. The van der Waals surface area contributed by atoms with Crippen molar-refractivity contribution in [2.45, 2.75) is 84.7 Å². The molecule has 2 fully saturated rings. The topological polar surface area (TPSA) is 105 Å². The van der Waals surface area contributed by atoms with E-state index in [0.29, 0.717) is 30.7 Å². The molecular weight excluding hydrogens is 410 g/mol. The van der Waals surface area contributed by atoms with Crippen LogP contribution >= 0.6 is 0 Å². The van der Waals surface area contributed by atoms with Gasteiger partial charge in [0, 0.05) is 41.8 Å². The van der Waals surface area contributed by atoms with E-state index in [9.17, 15) is 19.8 Å². The number of hydrogen-bond acceptors (Lipinski definition) is 6. The first-order valence-electron chi connectivity index (χ1n) is 11.6. The predicted octanol–water partition coefficient (Wildman–Crippen LogP) is 3.08. The number of aliphatic hydroxyl groups is 1. The van der Waals surface area contributed by atoms with E-state index in [0.717, 1.165) is 24.0 Å². The summed E-state index contributed by atoms with van der Waals surface area (Å²) in [6, 6.07) is 1.56. The van der Waals surface area contributed by atoms with E-state index in [1.165, 1.54) is 6.92 Å². The minimum Gasteiger partial charge on any atom is -0.508 e. The van der Waals surface area contributed by atoms with Gasteiger partial charge in [0.25, 0.3) is 5.91 Å². The van der Waals surface area contributed by atoms with Gasteiger partial charge in [0.05, 0.1) is 11.7 Å². The van der Waals surface area contributed by atoms with E-state index >= 15 is 0 Å². The third-order valence-corrected chi connectivity index (χ3v) is 9.18. The molecule has 2 heterocycles. The molecule has 4 aliphatic rings. The minimum atomic E-state index is -0.813. The maximum absolute atomic E-state index is 12.2. The number of esters is 1. The average Bonchev–Trinajstić information content (AvgIpc) is 3.27. The molecule has 7 heteroatoms. The van der Waals surface area contributed by atoms with Gasteiger partial charge in [0.2, 0.25) is 0 Å². The number of ether oxygens (including phenoxy) is 2. The molecule has 1 aromatic carbocycles. The Morgan fingerprint density at radius 2 is 1.97 bits per heavy atom. The number of benzene rings is 1. The van der Waals surface area contributed by atoms with Crippen LogP contribution in [-0.4, -0.2) is 39.9 Å². The van der Waals surface area contributed by atoms with Crippen LogP contribution in [0.3, 0.4) is 0 Å². The Kier molecular flexibility index (Phi) is 4.46. The second-order valence-corrected chi connectivity index (χ2v) is 11.2. The van der Waals surface area contributed by atoms with Crippen molar-refractivity contribution in [1.82, 2.24) is 5.32 Å². The number of carbonyl (C=O) groups excluding carboxylic acids is 2. The molecule has 2 saturated carbocycles. The van der Waals surface area contributed by atoms with Crippen molar-refractivity contribution >= 4 is 11.9 Å². The van der Waals surface area contributed by atoms with Crippen molar-refractivity contribution in [3.05, 3.63) is 22.8 Å². The van der Waals surface area contributed by atoms with Gasteiger partial charge in [-0.25, -0.2) is 0 Å². The highest BCUT2D eigenvalue weighted by Crippen LogP contribution is 2.67. The number of aromatic hydroxyl groups is 1. The van der Waals surface area contributed by atoms with Crippen molar-refractivity contribution < 1.29 is 29.3 Å². The van der Waals surface area contributed by atoms with Gasteiger partial charge in [-0.15, -0.1) is 0 Å². The van der Waals surface area contributed by atoms with E-state index in [4.69, 9.17) is 9.47 Å². The summed E-state index contributed by atoms with van der Waals surface area (Å²) in [5, 5.41) is 24.9. The molecule has 0 unspecified atom stereocenters. The van der Waals surface area contributed by atoms with Gasteiger partial charge in [0.1, 0.15) is 23.2 Å². The van der Waals surface area contributed by atoms with Gasteiger partial charge in [-0.2, -0.15) is 0 Å². The lowest BCUT2D eigenvalue weighted by Crippen LogP contribution is -2.69. The Morgan fingerprint density at radius 3 is 2.66 bits per heavy atom. The van der Waals surface area contributed by atoms with Gasteiger partial charge in [-0.1, -0.05) is 27.7 Å². The van der Waals surface area contributed by atoms with Crippen LogP contribution in [0.15, 0.2) is 6.07 Å². The molecule has 7 nitrogen and oxygen atoms in total. The molecule has 0 saturated heterocycles. The van der Waals surface area contributed by atoms with Gasteiger partial charge < -0.3 is 25.0 Å². The van der Waals surface area contributed by atoms with E-state index in [1.807, 2.05) is 0 Å². The summed E-state index contributed by atoms with van der Waals surface area (Å²) in [6.45, 7) is 10.3. The van der Waals surface area contributed by atoms with Crippen molar-refractivity contribution in [1.29, 1.82) is 0 Å². The van der Waals surface area contributed by atoms with Crippen molar-refractivity contribution in [2.75, 3.05) is 0 Å². The molecule has 0 radical (unpaired) electrons. The summed E-state index contributed by atoms with van der Waals surface area (Å²) >= 11 is 0. The zero-order valence-electron chi connectivity index (χ0n) is 19.4. The molecule has 0 bridgehead atoms. The average molecular weight is 444 g/mol. The van der Waals surface area contributed by atoms with E-state index in [2.05, 4.69) is 33.0 Å². The molecule has 2 aliphatic carbocycles. The molecule has 32 heavy (non-hydrogen) atoms. The van der Waals surface area contributed by atoms with Crippen LogP contribution in [0.2, 0.25) is 0 Å². The van der Waals surface area contributed by atoms with Crippen LogP contribution in [0.25, 0.3) is 0 Å². The standard InChI is InChI=1S/C25H33NO6/c1-12-6-7-19-23(3,4)21(31-13(2)27)18(29)10-24(19,5)25(12)9-15-17(28)8-14-16(20(15)32-25)11-26-22(14)30/h8,12,18-19,21,28-29H,6-7,9-11H2,1-5H3,(H,26,30)/t12-,18-,19-,21-,24+,25-/m1/s1. The fraction of sp³-hybridized carbons (Fsp3) is 0.680. The fourth-order valence-corrected chi connectivity index (χ4v) is 7.72. The van der Waals surface area contributed by atoms with Crippen LogP contribution < -0.4 is 10.1 Å². The SMILES string of the molecule is CC(=O)O[C@@H]1[C@H](O)C[C@@]2(C)[C@H](CC[C@@H](C)[C@]23Cc2c(O)cc4c(c2O3)CNC4=O)C1(C)C.